The Hall–Kier alpha value is -6.16. The first-order valence-corrected chi connectivity index (χ1v) is 17.5. The van der Waals surface area contributed by atoms with E-state index in [0.29, 0.717) is 0 Å². The summed E-state index contributed by atoms with van der Waals surface area (Å²) in [6, 6.07) is 66.0. The lowest BCUT2D eigenvalue weighted by atomic mass is 10.0. The van der Waals surface area contributed by atoms with Gasteiger partial charge >= 0.3 is 0 Å². The highest BCUT2D eigenvalue weighted by atomic mass is 32.1. The highest BCUT2D eigenvalue weighted by molar-refractivity contribution is 7.27. The van der Waals surface area contributed by atoms with E-state index in [1.54, 1.807) is 0 Å². The number of fused-ring (bicyclic) bond motifs is 8. The van der Waals surface area contributed by atoms with Gasteiger partial charge in [0.05, 0.1) is 11.0 Å². The zero-order valence-corrected chi connectivity index (χ0v) is 27.4. The van der Waals surface area contributed by atoms with Gasteiger partial charge in [0, 0.05) is 53.7 Å². The zero-order chi connectivity index (χ0) is 32.3. The predicted octanol–water partition coefficient (Wildman–Crippen LogP) is 13.4. The van der Waals surface area contributed by atoms with E-state index in [1.807, 2.05) is 11.3 Å². The van der Waals surface area contributed by atoms with E-state index >= 15 is 0 Å². The molecule has 49 heavy (non-hydrogen) atoms. The molecule has 0 bridgehead atoms. The average molecular weight is 643 g/mol. The van der Waals surface area contributed by atoms with Gasteiger partial charge in [0.25, 0.3) is 0 Å². The second-order valence-electron chi connectivity index (χ2n) is 12.6. The van der Waals surface area contributed by atoms with Gasteiger partial charge in [0.1, 0.15) is 0 Å². The number of para-hydroxylation sites is 3. The molecule has 0 unspecified atom stereocenters. The number of hydrogen-bond acceptors (Lipinski definition) is 2. The van der Waals surface area contributed by atoms with Gasteiger partial charge in [-0.2, -0.15) is 0 Å². The molecular weight excluding hydrogens is 613 g/mol. The zero-order valence-electron chi connectivity index (χ0n) is 26.6. The molecule has 0 aliphatic rings. The number of benzene rings is 8. The van der Waals surface area contributed by atoms with Crippen molar-refractivity contribution in [2.24, 2.45) is 0 Å². The third-order valence-electron chi connectivity index (χ3n) is 9.77. The van der Waals surface area contributed by atoms with Crippen molar-refractivity contribution >= 4 is 81.1 Å². The Morgan fingerprint density at radius 1 is 0.388 bits per heavy atom. The monoisotopic (exact) mass is 642 g/mol. The SMILES string of the molecule is c1ccc(N(c2ccc(-c3cccc4c3sc3c5ccccc5ccc43)cc2)c2ccc3c4ccccc4n(-c4ccccc4)c3c2)cc1. The largest absolute Gasteiger partial charge is 0.310 e. The molecule has 0 saturated carbocycles. The summed E-state index contributed by atoms with van der Waals surface area (Å²) in [6.45, 7) is 0. The highest BCUT2D eigenvalue weighted by Crippen LogP contribution is 2.44. The van der Waals surface area contributed by atoms with Crippen LogP contribution in [0.1, 0.15) is 0 Å². The molecule has 8 aromatic carbocycles. The van der Waals surface area contributed by atoms with Gasteiger partial charge in [-0.05, 0) is 76.5 Å². The van der Waals surface area contributed by atoms with Crippen LogP contribution in [0.3, 0.4) is 0 Å². The second-order valence-corrected chi connectivity index (χ2v) is 13.6. The van der Waals surface area contributed by atoms with E-state index in [1.165, 1.54) is 63.9 Å². The Kier molecular flexibility index (Phi) is 6.39. The van der Waals surface area contributed by atoms with Gasteiger partial charge in [0.2, 0.25) is 0 Å². The van der Waals surface area contributed by atoms with Crippen LogP contribution in [-0.2, 0) is 0 Å². The van der Waals surface area contributed by atoms with E-state index in [0.717, 1.165) is 22.7 Å². The predicted molar refractivity (Wildman–Crippen MR) is 211 cm³/mol. The van der Waals surface area contributed by atoms with Crippen LogP contribution < -0.4 is 4.90 Å². The lowest BCUT2D eigenvalue weighted by Crippen LogP contribution is -2.10. The number of thiophene rings is 1. The minimum absolute atomic E-state index is 1.12. The Morgan fingerprint density at radius 3 is 1.84 bits per heavy atom. The fourth-order valence-electron chi connectivity index (χ4n) is 7.52. The van der Waals surface area contributed by atoms with Gasteiger partial charge in [-0.3, -0.25) is 0 Å². The van der Waals surface area contributed by atoms with E-state index < -0.39 is 0 Å². The second kappa shape index (κ2) is 11.2. The molecule has 0 fully saturated rings. The molecule has 0 amide bonds. The third kappa shape index (κ3) is 4.47. The van der Waals surface area contributed by atoms with Crippen molar-refractivity contribution in [3.05, 3.63) is 182 Å². The third-order valence-corrected chi connectivity index (χ3v) is 11.1. The molecule has 10 aromatic rings. The maximum absolute atomic E-state index is 2.38. The van der Waals surface area contributed by atoms with E-state index in [9.17, 15) is 0 Å². The fraction of sp³-hybridized carbons (Fsp3) is 0. The molecule has 230 valence electrons. The minimum Gasteiger partial charge on any atom is -0.310 e. The quantitative estimate of drug-likeness (QED) is 0.181. The molecule has 0 atom stereocenters. The Morgan fingerprint density at radius 2 is 1.00 bits per heavy atom. The summed E-state index contributed by atoms with van der Waals surface area (Å²) >= 11 is 1.91. The maximum Gasteiger partial charge on any atom is 0.0561 e. The van der Waals surface area contributed by atoms with Crippen LogP contribution in [0.25, 0.3) is 69.6 Å². The van der Waals surface area contributed by atoms with Crippen LogP contribution in [0.5, 0.6) is 0 Å². The van der Waals surface area contributed by atoms with Crippen molar-refractivity contribution in [2.75, 3.05) is 4.90 Å². The Labute approximate surface area is 288 Å². The Balaban J connectivity index is 1.12. The van der Waals surface area contributed by atoms with Gasteiger partial charge in [-0.15, -0.1) is 11.3 Å². The molecule has 0 radical (unpaired) electrons. The van der Waals surface area contributed by atoms with Crippen molar-refractivity contribution in [1.82, 2.24) is 4.57 Å². The first-order chi connectivity index (χ1) is 24.3. The summed E-state index contributed by atoms with van der Waals surface area (Å²) in [5, 5.41) is 7.76. The van der Waals surface area contributed by atoms with Crippen LogP contribution in [0.15, 0.2) is 182 Å². The molecule has 0 N–H and O–H groups in total. The summed E-state index contributed by atoms with van der Waals surface area (Å²) in [4.78, 5) is 2.36. The summed E-state index contributed by atoms with van der Waals surface area (Å²) < 4.78 is 5.08. The van der Waals surface area contributed by atoms with Crippen molar-refractivity contribution < 1.29 is 0 Å². The molecule has 10 rings (SSSR count). The van der Waals surface area contributed by atoms with Gasteiger partial charge in [-0.1, -0.05) is 127 Å². The van der Waals surface area contributed by atoms with Crippen molar-refractivity contribution in [2.45, 2.75) is 0 Å². The molecular formula is C46H30N2S. The molecule has 2 aromatic heterocycles. The average Bonchev–Trinajstić information content (AvgIpc) is 3.72. The van der Waals surface area contributed by atoms with Crippen LogP contribution in [0, 0.1) is 0 Å². The molecule has 0 aliphatic carbocycles. The van der Waals surface area contributed by atoms with Gasteiger partial charge < -0.3 is 9.47 Å². The molecule has 2 heterocycles. The highest BCUT2D eigenvalue weighted by Gasteiger charge is 2.18. The molecule has 2 nitrogen and oxygen atoms in total. The van der Waals surface area contributed by atoms with Crippen molar-refractivity contribution in [1.29, 1.82) is 0 Å². The van der Waals surface area contributed by atoms with Gasteiger partial charge in [0.15, 0.2) is 0 Å². The molecule has 0 aliphatic heterocycles. The summed E-state index contributed by atoms with van der Waals surface area (Å²) in [5.41, 5.74) is 9.40. The smallest absolute Gasteiger partial charge is 0.0561 e. The first kappa shape index (κ1) is 27.9. The number of nitrogens with zero attached hydrogens (tertiary/aromatic N) is 2. The first-order valence-electron chi connectivity index (χ1n) is 16.7. The normalized spacial score (nSPS) is 11.7. The topological polar surface area (TPSA) is 8.17 Å². The molecule has 3 heteroatoms. The van der Waals surface area contributed by atoms with Gasteiger partial charge in [-0.25, -0.2) is 0 Å². The molecule has 0 spiro atoms. The number of rotatable bonds is 5. The number of hydrogen-bond donors (Lipinski definition) is 0. The maximum atomic E-state index is 2.38. The van der Waals surface area contributed by atoms with E-state index in [-0.39, 0.29) is 0 Å². The fourth-order valence-corrected chi connectivity index (χ4v) is 8.89. The standard InChI is InChI=1S/C46H30N2S/c1-3-13-33(14-4-1)47(36-27-29-40-39-18-9-10-21-43(39)48(44(40)30-36)34-15-5-2-6-16-34)35-25-22-32(23-26-35)38-19-11-20-41-42-28-24-31-12-7-8-17-37(31)46(42)49-45(38)41/h1-30H. The lowest BCUT2D eigenvalue weighted by molar-refractivity contribution is 1.18. The summed E-state index contributed by atoms with van der Waals surface area (Å²) in [5.74, 6) is 0. The summed E-state index contributed by atoms with van der Waals surface area (Å²) in [7, 11) is 0. The van der Waals surface area contributed by atoms with E-state index in [4.69, 9.17) is 0 Å². The van der Waals surface area contributed by atoms with Crippen LogP contribution in [0.4, 0.5) is 17.1 Å². The van der Waals surface area contributed by atoms with Crippen LogP contribution in [0.2, 0.25) is 0 Å². The number of aromatic nitrogens is 1. The Bertz CT molecular complexity index is 2810. The van der Waals surface area contributed by atoms with E-state index in [2.05, 4.69) is 191 Å². The number of anilines is 3. The lowest BCUT2D eigenvalue weighted by Gasteiger charge is -2.26. The van der Waals surface area contributed by atoms with Crippen LogP contribution in [-0.4, -0.2) is 4.57 Å². The van der Waals surface area contributed by atoms with Crippen LogP contribution >= 0.6 is 11.3 Å². The van der Waals surface area contributed by atoms with Crippen molar-refractivity contribution in [3.8, 4) is 16.8 Å². The molecule has 0 saturated heterocycles. The van der Waals surface area contributed by atoms with Crippen molar-refractivity contribution in [3.63, 3.8) is 0 Å². The summed E-state index contributed by atoms with van der Waals surface area (Å²) in [6.07, 6.45) is 0. The minimum atomic E-state index is 1.12.